The summed E-state index contributed by atoms with van der Waals surface area (Å²) in [5.41, 5.74) is 31.4. The normalized spacial score (nSPS) is 25.3. The number of amides is 18. The molecule has 0 bridgehead atoms. The number of nitrogens with one attached hydrogen (secondary N) is 12. The molecule has 129 heavy (non-hydrogen) atoms. The molecule has 2 aromatic heterocycles. The quantitative estimate of drug-likeness (QED) is 0.0274. The Morgan fingerprint density at radius 2 is 1.03 bits per heavy atom. The molecule has 0 aliphatic carbocycles. The Bertz CT molecular complexity index is 4880. The molecule has 43 nitrogen and oxygen atoms in total. The van der Waals surface area contributed by atoms with Crippen molar-refractivity contribution < 1.29 is 102 Å². The zero-order chi connectivity index (χ0) is 94.6. The summed E-state index contributed by atoms with van der Waals surface area (Å²) in [6, 6.07) is -3.08. The second-order valence-electron chi connectivity index (χ2n) is 32.4. The number of benzene rings is 3. The highest BCUT2D eigenvalue weighted by Gasteiger charge is 2.47. The summed E-state index contributed by atoms with van der Waals surface area (Å²) in [6.45, 7) is 1.43. The van der Waals surface area contributed by atoms with Crippen LogP contribution in [0.5, 0.6) is 5.75 Å². The molecule has 18 amide bonds. The van der Waals surface area contributed by atoms with E-state index in [-0.39, 0.29) is 70.2 Å². The van der Waals surface area contributed by atoms with Crippen LogP contribution in [0.25, 0.3) is 21.8 Å². The lowest BCUT2D eigenvalue weighted by Gasteiger charge is -2.36. The van der Waals surface area contributed by atoms with Crippen molar-refractivity contribution in [1.29, 1.82) is 0 Å². The third-order valence-corrected chi connectivity index (χ3v) is 24.1. The number of nitrogens with two attached hydrogens (primary N) is 5. The van der Waals surface area contributed by atoms with Gasteiger partial charge < -0.3 is 132 Å². The van der Waals surface area contributed by atoms with Gasteiger partial charge in [0, 0.05) is 113 Å². The molecule has 0 spiro atoms. The number of nitrogens with zero attached hydrogens (tertiary/aromatic N) is 5. The fraction of sp³-hybridized carbons (Fsp3) is 0.529. The number of unbranched alkanes of at least 4 members (excludes halogenated alkanes) is 2. The Balaban J connectivity index is 1.17. The van der Waals surface area contributed by atoms with Crippen molar-refractivity contribution in [2.75, 3.05) is 72.0 Å². The van der Waals surface area contributed by atoms with Crippen molar-refractivity contribution in [3.63, 3.8) is 0 Å². The smallest absolute Gasteiger partial charge is 0.246 e. The van der Waals surface area contributed by atoms with Crippen molar-refractivity contribution in [3.05, 3.63) is 102 Å². The molecule has 3 aliphatic rings. The first-order chi connectivity index (χ1) is 61.4. The van der Waals surface area contributed by atoms with Crippen molar-refractivity contribution in [2.24, 2.45) is 28.7 Å². The number of carbonyl (C=O) groups is 18. The van der Waals surface area contributed by atoms with E-state index in [0.717, 1.165) is 36.3 Å². The maximum atomic E-state index is 15.6. The number of hydrogen-bond acceptors (Lipinski definition) is 24. The van der Waals surface area contributed by atoms with Gasteiger partial charge in [0.2, 0.25) is 106 Å². The van der Waals surface area contributed by atoms with Gasteiger partial charge in [0.1, 0.15) is 90.3 Å². The first-order valence-corrected chi connectivity index (χ1v) is 44.0. The number of para-hydroxylation sites is 2. The van der Waals surface area contributed by atoms with Gasteiger partial charge in [0.05, 0.1) is 31.4 Å². The Morgan fingerprint density at radius 1 is 0.512 bits per heavy atom. The van der Waals surface area contributed by atoms with E-state index in [1.54, 1.807) is 60.9 Å². The molecular weight excluding hydrogens is 1700 g/mol. The van der Waals surface area contributed by atoms with Crippen LogP contribution in [0.3, 0.4) is 0 Å². The van der Waals surface area contributed by atoms with Gasteiger partial charge in [-0.05, 0) is 92.9 Å². The Hall–Kier alpha value is -12.8. The highest BCUT2D eigenvalue weighted by Crippen LogP contribution is 2.28. The van der Waals surface area contributed by atoms with Crippen LogP contribution in [0, 0.1) is 0 Å². The molecule has 5 heterocycles. The maximum Gasteiger partial charge on any atom is 0.246 e. The number of thioether (sulfide) groups is 1. The number of phenolic OH excluding ortho intramolecular Hbond substituents is 1. The zero-order valence-corrected chi connectivity index (χ0v) is 73.8. The van der Waals surface area contributed by atoms with E-state index < -0.39 is 260 Å². The molecule has 702 valence electrons. The van der Waals surface area contributed by atoms with Crippen LogP contribution in [0.15, 0.2) is 85.2 Å². The second-order valence-corrected chi connectivity index (χ2v) is 33.4. The van der Waals surface area contributed by atoms with Gasteiger partial charge in [0.15, 0.2) is 0 Å². The second kappa shape index (κ2) is 48.4. The molecule has 25 N–H and O–H groups in total. The number of rotatable bonds is 24. The molecular formula is C85H120N22O21S. The lowest BCUT2D eigenvalue weighted by atomic mass is 10.00. The zero-order valence-electron chi connectivity index (χ0n) is 72.9. The van der Waals surface area contributed by atoms with E-state index in [4.69, 9.17) is 28.7 Å². The number of primary amides is 3. The van der Waals surface area contributed by atoms with Gasteiger partial charge in [-0.15, -0.1) is 11.8 Å². The van der Waals surface area contributed by atoms with E-state index in [1.165, 1.54) is 52.3 Å². The van der Waals surface area contributed by atoms with Crippen LogP contribution >= 0.6 is 11.8 Å². The highest BCUT2D eigenvalue weighted by molar-refractivity contribution is 8.00. The van der Waals surface area contributed by atoms with Crippen LogP contribution in [-0.2, 0) is 106 Å². The molecule has 0 saturated carbocycles. The molecule has 15 atom stereocenters. The summed E-state index contributed by atoms with van der Waals surface area (Å²) >= 11 is 0.758. The Morgan fingerprint density at radius 3 is 1.63 bits per heavy atom. The molecule has 8 rings (SSSR count). The van der Waals surface area contributed by atoms with Crippen LogP contribution in [0.1, 0.15) is 121 Å². The van der Waals surface area contributed by atoms with Crippen molar-refractivity contribution in [1.82, 2.24) is 87.6 Å². The number of phenols is 1. The highest BCUT2D eigenvalue weighted by atomic mass is 32.2. The summed E-state index contributed by atoms with van der Waals surface area (Å²) in [4.78, 5) is 271. The number of aromatic amines is 2. The Kier molecular flexibility index (Phi) is 38.1. The monoisotopic (exact) mass is 1820 g/mol. The van der Waals surface area contributed by atoms with Crippen molar-refractivity contribution in [2.45, 2.75) is 214 Å². The average Bonchev–Trinajstić information content (AvgIpc) is 1.76. The number of aliphatic hydroxyl groups is 2. The minimum absolute atomic E-state index is 0.00905. The average molecular weight is 1820 g/mol. The van der Waals surface area contributed by atoms with E-state index in [0.29, 0.717) is 64.2 Å². The fourth-order valence-electron chi connectivity index (χ4n) is 15.7. The van der Waals surface area contributed by atoms with E-state index in [2.05, 4.69) is 63.1 Å². The minimum Gasteiger partial charge on any atom is -0.508 e. The molecule has 0 unspecified atom stereocenters. The van der Waals surface area contributed by atoms with Gasteiger partial charge in [-0.25, -0.2) is 0 Å². The van der Waals surface area contributed by atoms with Crippen LogP contribution in [0.4, 0.5) is 0 Å². The number of aromatic hydroxyl groups is 1. The van der Waals surface area contributed by atoms with Gasteiger partial charge in [-0.2, -0.15) is 0 Å². The third-order valence-electron chi connectivity index (χ3n) is 23.0. The number of likely N-dealkylation sites (N-methyl/N-ethyl adjacent to an activating group) is 3. The summed E-state index contributed by atoms with van der Waals surface area (Å²) in [6.07, 6.45) is -0.164. The van der Waals surface area contributed by atoms with E-state index in [9.17, 15) is 72.9 Å². The minimum atomic E-state index is -1.92. The van der Waals surface area contributed by atoms with Gasteiger partial charge in [-0.1, -0.05) is 88.1 Å². The SMILES string of the molecule is CCCC[C@H]1C(=O)N(C)[C@@H](CCCC)C(=O)N[C@@H](CCN)C(=O)N[C@H](C(=O)NCC(N)=O)CSCC(=O)N[C@@H](Cc2ccc(O)cc2)C(=O)N(C)[C@@H](C)C(=O)N[C@@H](CC(N)=O)C(=O)N2CCC[C@H]2C(=O)N[C@@H](CN)C(=O)N[C@@H](CCC(N)=O)C(=O)N2C[C@H](O)C[C@H]2C(=O)N[C@@H](Cc2c[nH]c3ccccc23)C(=O)N[C@@H](CO)C(=O)N[C@@H](Cc2c[nH]c3ccccc23)C(=O)N1C. The van der Waals surface area contributed by atoms with E-state index in [1.807, 2.05) is 13.8 Å². The van der Waals surface area contributed by atoms with Crippen LogP contribution in [0.2, 0.25) is 0 Å². The molecule has 5 aromatic rings. The number of aliphatic hydroxyl groups excluding tert-OH is 2. The fourth-order valence-corrected chi connectivity index (χ4v) is 16.5. The molecule has 0 radical (unpaired) electrons. The molecule has 3 aromatic carbocycles. The first-order valence-electron chi connectivity index (χ1n) is 42.8. The van der Waals surface area contributed by atoms with Gasteiger partial charge >= 0.3 is 0 Å². The number of carbonyl (C=O) groups excluding carboxylic acids is 18. The molecule has 3 saturated heterocycles. The summed E-state index contributed by atoms with van der Waals surface area (Å²) in [5, 5.41) is 59.4. The lowest BCUT2D eigenvalue weighted by molar-refractivity contribution is -0.149. The molecule has 3 aliphatic heterocycles. The molecule has 44 heteroatoms. The van der Waals surface area contributed by atoms with Crippen molar-refractivity contribution >= 4 is 140 Å². The topological polar surface area (TPSA) is 666 Å². The predicted octanol–water partition coefficient (Wildman–Crippen LogP) is -5.63. The van der Waals surface area contributed by atoms with Gasteiger partial charge in [0.25, 0.3) is 0 Å². The van der Waals surface area contributed by atoms with E-state index >= 15 is 28.8 Å². The summed E-state index contributed by atoms with van der Waals surface area (Å²) < 4.78 is 0. The third kappa shape index (κ3) is 27.9. The number of hydrogen-bond donors (Lipinski definition) is 20. The van der Waals surface area contributed by atoms with Gasteiger partial charge in [-0.3, -0.25) is 86.3 Å². The first kappa shape index (κ1) is 102. The molecule has 3 fully saturated rings. The predicted molar refractivity (Wildman–Crippen MR) is 470 cm³/mol. The standard InChI is InChI=1S/C85H120N22O21S/c1-7-9-20-64-78(121)95-55(29-30-86)74(117)102-63(73(116)93-40-70(90)113)43-129-44-71(114)94-58(32-46-23-25-49(109)26-24-46)81(124)103(4)45(3)72(115)98-60(36-69(89)112)84(127)106-31-15-22-65(106)79(122)100-61(37-87)76(119)96-56(27-28-68(88)111)83(126)107-41-50(110)35-67(107)80(123)97-57(33-47-38-91-53-18-13-11-16-51(47)53)75(118)101-62(42-108)77(120)99-59(34-48-39-92-54-19-14-12-17-52(48)54)82(125)105(6)66(21-10-8-2)85(128)104(64)5/h11-14,16-19,23-26,38-39,45,50,55-67,91-92,108-110H,7-10,15,20-22,27-37,40-44,86-87H2,1-6H3,(H2,88,111)(H2,89,112)(H2,90,113)(H,93,116)(H,94,114)(H,95,121)(H,96,119)(H,97,123)(H,98,115)(H,99,120)(H,100,122)(H,101,118)(H,102,117)/t45-,50+,55-,56-,57-,58-,59-,60-,61-,62-,63-,64-,65-,66-,67-/m0/s1. The van der Waals surface area contributed by atoms with Crippen LogP contribution in [-0.4, -0.2) is 319 Å². The Labute approximate surface area is 748 Å². The van der Waals surface area contributed by atoms with Crippen molar-refractivity contribution in [3.8, 4) is 5.75 Å². The largest absolute Gasteiger partial charge is 0.508 e. The number of fused-ring (bicyclic) bond motifs is 4. The van der Waals surface area contributed by atoms with Crippen LogP contribution < -0.4 is 81.8 Å². The lowest BCUT2D eigenvalue weighted by Crippen LogP contribution is -2.62. The summed E-state index contributed by atoms with van der Waals surface area (Å²) in [5.74, 6) is -18.9. The number of H-pyrrole nitrogens is 2. The summed E-state index contributed by atoms with van der Waals surface area (Å²) in [7, 11) is 3.86. The number of aromatic nitrogens is 2. The maximum absolute atomic E-state index is 15.6.